The Kier molecular flexibility index (Phi) is 7.64. The molecular formula is C23H20F5N3O3. The second kappa shape index (κ2) is 10.4. The van der Waals surface area contributed by atoms with Crippen LogP contribution in [0.4, 0.5) is 27.6 Å². The summed E-state index contributed by atoms with van der Waals surface area (Å²) in [5.74, 6) is -2.60. The number of oxazole rings is 1. The molecule has 0 unspecified atom stereocenters. The number of rotatable bonds is 8. The normalized spacial score (nSPS) is 11.4. The number of hydrogen-bond acceptors (Lipinski definition) is 4. The molecule has 0 radical (unpaired) electrons. The van der Waals surface area contributed by atoms with E-state index in [0.717, 1.165) is 18.2 Å². The van der Waals surface area contributed by atoms with Gasteiger partial charge >= 0.3 is 6.18 Å². The maximum atomic E-state index is 13.9. The zero-order chi connectivity index (χ0) is 24.9. The molecule has 11 heteroatoms. The molecule has 180 valence electrons. The Morgan fingerprint density at radius 1 is 1.12 bits per heavy atom. The third-order valence-corrected chi connectivity index (χ3v) is 4.88. The van der Waals surface area contributed by atoms with Crippen LogP contribution in [-0.2, 0) is 22.2 Å². The number of halogens is 5. The summed E-state index contributed by atoms with van der Waals surface area (Å²) in [6.07, 6.45) is -3.46. The van der Waals surface area contributed by atoms with E-state index in [4.69, 9.17) is 4.42 Å². The van der Waals surface area contributed by atoms with Gasteiger partial charge in [0.05, 0.1) is 29.6 Å². The first-order chi connectivity index (χ1) is 16.1. The number of aryl methyl sites for hydroxylation is 1. The molecule has 0 saturated carbocycles. The topological polar surface area (TPSA) is 75.4 Å². The number of likely N-dealkylation sites (N-methyl/N-ethyl adjacent to an activating group) is 1. The van der Waals surface area contributed by atoms with E-state index in [1.54, 1.807) is 6.92 Å². The van der Waals surface area contributed by atoms with Crippen LogP contribution in [0.2, 0.25) is 0 Å². The van der Waals surface area contributed by atoms with E-state index in [-0.39, 0.29) is 36.6 Å². The smallest absolute Gasteiger partial charge is 0.418 e. The molecule has 1 aromatic heterocycles. The van der Waals surface area contributed by atoms with Crippen molar-refractivity contribution < 1.29 is 36.0 Å². The van der Waals surface area contributed by atoms with E-state index >= 15 is 0 Å². The number of nitrogens with zero attached hydrogens (tertiary/aromatic N) is 2. The molecule has 2 aromatic carbocycles. The van der Waals surface area contributed by atoms with Gasteiger partial charge in [0.2, 0.25) is 11.8 Å². The third kappa shape index (κ3) is 6.18. The number of para-hydroxylation sites is 1. The predicted octanol–water partition coefficient (Wildman–Crippen LogP) is 5.06. The van der Waals surface area contributed by atoms with Crippen LogP contribution in [0.5, 0.6) is 0 Å². The summed E-state index contributed by atoms with van der Waals surface area (Å²) in [6, 6.07) is 7.52. The van der Waals surface area contributed by atoms with Gasteiger partial charge in [0, 0.05) is 25.5 Å². The molecule has 0 saturated heterocycles. The first-order valence-electron chi connectivity index (χ1n) is 10.2. The molecule has 1 heterocycles. The highest BCUT2D eigenvalue weighted by Crippen LogP contribution is 2.34. The van der Waals surface area contributed by atoms with Crippen LogP contribution in [-0.4, -0.2) is 34.8 Å². The molecule has 0 aliphatic rings. The van der Waals surface area contributed by atoms with Crippen LogP contribution in [0.15, 0.2) is 53.1 Å². The average molecular weight is 481 g/mol. The largest absolute Gasteiger partial charge is 0.441 e. The van der Waals surface area contributed by atoms with E-state index < -0.39 is 47.4 Å². The van der Waals surface area contributed by atoms with E-state index in [9.17, 15) is 31.5 Å². The molecule has 34 heavy (non-hydrogen) atoms. The van der Waals surface area contributed by atoms with Crippen LogP contribution in [0.25, 0.3) is 11.3 Å². The molecule has 6 nitrogen and oxygen atoms in total. The molecule has 2 amide bonds. The number of aromatic nitrogens is 1. The van der Waals surface area contributed by atoms with E-state index in [2.05, 4.69) is 10.3 Å². The number of alkyl halides is 3. The van der Waals surface area contributed by atoms with E-state index in [0.29, 0.717) is 6.07 Å². The number of carbonyl (C=O) groups is 2. The Bertz CT molecular complexity index is 1180. The summed E-state index contributed by atoms with van der Waals surface area (Å²) < 4.78 is 71.7. The number of carbonyl (C=O) groups excluding carboxylic acids is 2. The van der Waals surface area contributed by atoms with Crippen molar-refractivity contribution in [2.24, 2.45) is 0 Å². The van der Waals surface area contributed by atoms with Crippen molar-refractivity contribution >= 4 is 17.5 Å². The third-order valence-electron chi connectivity index (χ3n) is 4.88. The van der Waals surface area contributed by atoms with E-state index in [1.807, 2.05) is 0 Å². The molecule has 0 spiro atoms. The van der Waals surface area contributed by atoms with Gasteiger partial charge in [-0.2, -0.15) is 13.2 Å². The second-order valence-corrected chi connectivity index (χ2v) is 7.24. The van der Waals surface area contributed by atoms with Gasteiger partial charge in [0.25, 0.3) is 0 Å². The number of anilines is 1. The van der Waals surface area contributed by atoms with Crippen LogP contribution in [0, 0.1) is 11.6 Å². The highest BCUT2D eigenvalue weighted by molar-refractivity contribution is 5.95. The zero-order valence-corrected chi connectivity index (χ0v) is 18.0. The highest BCUT2D eigenvalue weighted by Gasteiger charge is 2.33. The van der Waals surface area contributed by atoms with Crippen LogP contribution in [0.1, 0.15) is 24.8 Å². The van der Waals surface area contributed by atoms with Crippen molar-refractivity contribution in [2.45, 2.75) is 25.9 Å². The Hall–Kier alpha value is -3.76. The molecular weight excluding hydrogens is 461 g/mol. The van der Waals surface area contributed by atoms with Gasteiger partial charge in [-0.3, -0.25) is 9.59 Å². The Balaban J connectivity index is 1.58. The van der Waals surface area contributed by atoms with Crippen LogP contribution >= 0.6 is 0 Å². The van der Waals surface area contributed by atoms with Crippen molar-refractivity contribution in [1.82, 2.24) is 9.88 Å². The Morgan fingerprint density at radius 3 is 2.53 bits per heavy atom. The standard InChI is InChI=1S/C23H20F5N3O3/c1-2-31(13-20(32)30-18-6-4-3-5-16(18)23(26,27)28)22(33)10-9-21-29-12-19(34-21)15-8-7-14(24)11-17(15)25/h3-8,11-12H,2,9-10,13H2,1H3,(H,30,32). The molecule has 0 aliphatic carbocycles. The number of amides is 2. The minimum atomic E-state index is -4.64. The summed E-state index contributed by atoms with van der Waals surface area (Å²) in [7, 11) is 0. The first kappa shape index (κ1) is 24.9. The molecule has 0 bridgehead atoms. The molecule has 1 N–H and O–H groups in total. The Morgan fingerprint density at radius 2 is 1.85 bits per heavy atom. The summed E-state index contributed by atoms with van der Waals surface area (Å²) >= 11 is 0. The monoisotopic (exact) mass is 481 g/mol. The van der Waals surface area contributed by atoms with Crippen molar-refractivity contribution in [1.29, 1.82) is 0 Å². The van der Waals surface area contributed by atoms with Crippen LogP contribution < -0.4 is 5.32 Å². The predicted molar refractivity (Wildman–Crippen MR) is 113 cm³/mol. The summed E-state index contributed by atoms with van der Waals surface area (Å²) in [5.41, 5.74) is -1.38. The lowest BCUT2D eigenvalue weighted by atomic mass is 10.1. The highest BCUT2D eigenvalue weighted by atomic mass is 19.4. The van der Waals surface area contributed by atoms with Crippen molar-refractivity contribution in [3.05, 3.63) is 71.8 Å². The summed E-state index contributed by atoms with van der Waals surface area (Å²) in [5, 5.41) is 2.20. The molecule has 0 aliphatic heterocycles. The van der Waals surface area contributed by atoms with Crippen molar-refractivity contribution in [3.63, 3.8) is 0 Å². The van der Waals surface area contributed by atoms with Gasteiger partial charge in [-0.15, -0.1) is 0 Å². The number of benzene rings is 2. The van der Waals surface area contributed by atoms with Gasteiger partial charge in [-0.1, -0.05) is 12.1 Å². The number of nitrogens with one attached hydrogen (secondary N) is 1. The van der Waals surface area contributed by atoms with Crippen molar-refractivity contribution in [3.8, 4) is 11.3 Å². The fourth-order valence-corrected chi connectivity index (χ4v) is 3.19. The fourth-order valence-electron chi connectivity index (χ4n) is 3.19. The lowest BCUT2D eigenvalue weighted by Gasteiger charge is -2.21. The van der Waals surface area contributed by atoms with Gasteiger partial charge in [-0.25, -0.2) is 13.8 Å². The average Bonchev–Trinajstić information content (AvgIpc) is 3.24. The number of hydrogen-bond donors (Lipinski definition) is 1. The molecule has 3 rings (SSSR count). The van der Waals surface area contributed by atoms with Gasteiger partial charge in [0.1, 0.15) is 11.6 Å². The van der Waals surface area contributed by atoms with Crippen molar-refractivity contribution in [2.75, 3.05) is 18.4 Å². The summed E-state index contributed by atoms with van der Waals surface area (Å²) in [6.45, 7) is 1.32. The maximum Gasteiger partial charge on any atom is 0.418 e. The van der Waals surface area contributed by atoms with Gasteiger partial charge < -0.3 is 14.6 Å². The van der Waals surface area contributed by atoms with E-state index in [1.165, 1.54) is 29.3 Å². The van der Waals surface area contributed by atoms with Crippen LogP contribution in [0.3, 0.4) is 0 Å². The SMILES string of the molecule is CCN(CC(=O)Nc1ccccc1C(F)(F)F)C(=O)CCc1ncc(-c2ccc(F)cc2F)o1. The van der Waals surface area contributed by atoms with Gasteiger partial charge in [-0.05, 0) is 31.2 Å². The fraction of sp³-hybridized carbons (Fsp3) is 0.261. The minimum absolute atomic E-state index is 0.0115. The second-order valence-electron chi connectivity index (χ2n) is 7.24. The minimum Gasteiger partial charge on any atom is -0.441 e. The lowest BCUT2D eigenvalue weighted by molar-refractivity contribution is -0.137. The first-order valence-corrected chi connectivity index (χ1v) is 10.2. The molecule has 3 aromatic rings. The zero-order valence-electron chi connectivity index (χ0n) is 18.0. The van der Waals surface area contributed by atoms with Gasteiger partial charge in [0.15, 0.2) is 11.7 Å². The molecule has 0 atom stereocenters. The maximum absolute atomic E-state index is 13.9. The molecule has 0 fully saturated rings. The summed E-state index contributed by atoms with van der Waals surface area (Å²) in [4.78, 5) is 30.0. The Labute approximate surface area is 191 Å². The lowest BCUT2D eigenvalue weighted by Crippen LogP contribution is -2.38. The quantitative estimate of drug-likeness (QED) is 0.457.